The number of nitrogens with zero attached hydrogens (tertiary/aromatic N) is 2. The first-order chi connectivity index (χ1) is 10.0. The van der Waals surface area contributed by atoms with E-state index in [-0.39, 0.29) is 0 Å². The average molecular weight is 289 g/mol. The van der Waals surface area contributed by atoms with Crippen molar-refractivity contribution in [1.82, 2.24) is 15.1 Å². The predicted octanol–water partition coefficient (Wildman–Crippen LogP) is 2.39. The number of likely N-dealkylation sites (N-methyl/N-ethyl adjacent to an activating group) is 3. The Kier molecular flexibility index (Phi) is 5.80. The maximum Gasteiger partial charge on any atom is 0.0488 e. The Hall–Kier alpha value is -0.900. The second-order valence-corrected chi connectivity index (χ2v) is 6.92. The van der Waals surface area contributed by atoms with Crippen LogP contribution in [-0.4, -0.2) is 56.6 Å². The Morgan fingerprint density at radius 1 is 1.24 bits per heavy atom. The molecule has 3 heteroatoms. The summed E-state index contributed by atoms with van der Waals surface area (Å²) in [4.78, 5) is 4.93. The van der Waals surface area contributed by atoms with Crippen LogP contribution in [-0.2, 0) is 6.42 Å². The fourth-order valence-corrected chi connectivity index (χ4v) is 3.37. The molecule has 1 aromatic carbocycles. The first-order valence-electron chi connectivity index (χ1n) is 8.16. The van der Waals surface area contributed by atoms with Crippen LogP contribution in [0.1, 0.15) is 31.0 Å². The second kappa shape index (κ2) is 7.39. The molecule has 118 valence electrons. The van der Waals surface area contributed by atoms with E-state index in [1.165, 1.54) is 11.1 Å². The highest BCUT2D eigenvalue weighted by Gasteiger charge is 2.29. The zero-order valence-corrected chi connectivity index (χ0v) is 14.3. The lowest BCUT2D eigenvalue weighted by molar-refractivity contribution is 0.0897. The van der Waals surface area contributed by atoms with Crippen LogP contribution in [0.2, 0.25) is 0 Å². The maximum absolute atomic E-state index is 3.55. The Balaban J connectivity index is 2.20. The first kappa shape index (κ1) is 16.5. The van der Waals surface area contributed by atoms with Gasteiger partial charge in [0, 0.05) is 31.7 Å². The highest BCUT2D eigenvalue weighted by atomic mass is 15.3. The zero-order chi connectivity index (χ0) is 15.4. The Labute approximate surface area is 130 Å². The molecule has 0 spiro atoms. The van der Waals surface area contributed by atoms with Gasteiger partial charge in [-0.3, -0.25) is 4.90 Å². The third-order valence-electron chi connectivity index (χ3n) is 4.55. The molecular weight excluding hydrogens is 258 g/mol. The lowest BCUT2D eigenvalue weighted by Gasteiger charge is -2.42. The van der Waals surface area contributed by atoms with E-state index in [0.717, 1.165) is 26.1 Å². The fraction of sp³-hybridized carbons (Fsp3) is 0.667. The number of piperazine rings is 1. The molecule has 2 rings (SSSR count). The van der Waals surface area contributed by atoms with Crippen LogP contribution in [0.5, 0.6) is 0 Å². The lowest BCUT2D eigenvalue weighted by Crippen LogP contribution is -2.54. The van der Waals surface area contributed by atoms with E-state index in [0.29, 0.717) is 18.0 Å². The molecule has 0 radical (unpaired) electrons. The van der Waals surface area contributed by atoms with E-state index >= 15 is 0 Å². The minimum atomic E-state index is 0.393. The van der Waals surface area contributed by atoms with E-state index in [2.05, 4.69) is 74.4 Å². The van der Waals surface area contributed by atoms with Crippen molar-refractivity contribution in [3.05, 3.63) is 35.4 Å². The summed E-state index contributed by atoms with van der Waals surface area (Å²) in [5.41, 5.74) is 2.87. The van der Waals surface area contributed by atoms with Gasteiger partial charge >= 0.3 is 0 Å². The molecule has 21 heavy (non-hydrogen) atoms. The van der Waals surface area contributed by atoms with E-state index in [4.69, 9.17) is 0 Å². The molecule has 0 bridgehead atoms. The number of hydrogen-bond acceptors (Lipinski definition) is 3. The van der Waals surface area contributed by atoms with Crippen molar-refractivity contribution in [1.29, 1.82) is 0 Å². The monoisotopic (exact) mass is 289 g/mol. The molecule has 1 saturated heterocycles. The molecule has 0 saturated carbocycles. The number of rotatable bonds is 5. The van der Waals surface area contributed by atoms with Gasteiger partial charge < -0.3 is 10.2 Å². The van der Waals surface area contributed by atoms with Crippen LogP contribution in [0.3, 0.4) is 0 Å². The molecule has 1 aliphatic rings. The molecule has 3 nitrogen and oxygen atoms in total. The summed E-state index contributed by atoms with van der Waals surface area (Å²) in [6.45, 7) is 8.00. The zero-order valence-electron chi connectivity index (χ0n) is 14.3. The van der Waals surface area contributed by atoms with Gasteiger partial charge in [0.2, 0.25) is 0 Å². The van der Waals surface area contributed by atoms with Crippen LogP contribution in [0.4, 0.5) is 0 Å². The number of hydrogen-bond donors (Lipinski definition) is 1. The first-order valence-corrected chi connectivity index (χ1v) is 8.16. The average Bonchev–Trinajstić information content (AvgIpc) is 2.43. The summed E-state index contributed by atoms with van der Waals surface area (Å²) in [6, 6.07) is 10.1. The Bertz CT molecular complexity index is 444. The van der Waals surface area contributed by atoms with Gasteiger partial charge in [0.1, 0.15) is 0 Å². The van der Waals surface area contributed by atoms with Gasteiger partial charge in [0.25, 0.3) is 0 Å². The van der Waals surface area contributed by atoms with E-state index in [9.17, 15) is 0 Å². The molecule has 1 fully saturated rings. The molecule has 1 N–H and O–H groups in total. The molecule has 0 aliphatic carbocycles. The minimum Gasteiger partial charge on any atom is -0.312 e. The lowest BCUT2D eigenvalue weighted by atomic mass is 9.93. The van der Waals surface area contributed by atoms with Crippen molar-refractivity contribution in [3.63, 3.8) is 0 Å². The SMILES string of the molecule is CNC(c1cccc(CC(C)C)c1)C1CN(C)CCN1C. The third kappa shape index (κ3) is 4.29. The molecule has 2 atom stereocenters. The predicted molar refractivity (Wildman–Crippen MR) is 90.7 cm³/mol. The van der Waals surface area contributed by atoms with Gasteiger partial charge in [0.05, 0.1) is 0 Å². The summed E-state index contributed by atoms with van der Waals surface area (Å²) >= 11 is 0. The van der Waals surface area contributed by atoms with Crippen molar-refractivity contribution in [3.8, 4) is 0 Å². The highest BCUT2D eigenvalue weighted by molar-refractivity contribution is 5.28. The standard InChI is InChI=1S/C18H31N3/c1-14(2)11-15-7-6-8-16(12-15)18(19-3)17-13-20(4)9-10-21(17)5/h6-8,12,14,17-19H,9-11,13H2,1-5H3. The van der Waals surface area contributed by atoms with Gasteiger partial charge in [-0.15, -0.1) is 0 Å². The fourth-order valence-electron chi connectivity index (χ4n) is 3.37. The number of benzene rings is 1. The van der Waals surface area contributed by atoms with Crippen molar-refractivity contribution in [2.75, 3.05) is 40.8 Å². The number of nitrogens with one attached hydrogen (secondary N) is 1. The molecule has 2 unspecified atom stereocenters. The molecule has 1 aliphatic heterocycles. The van der Waals surface area contributed by atoms with Gasteiger partial charge in [-0.05, 0) is 44.6 Å². The van der Waals surface area contributed by atoms with Crippen LogP contribution in [0, 0.1) is 5.92 Å². The van der Waals surface area contributed by atoms with Gasteiger partial charge in [-0.25, -0.2) is 0 Å². The molecular formula is C18H31N3. The van der Waals surface area contributed by atoms with Crippen LogP contribution < -0.4 is 5.32 Å². The Morgan fingerprint density at radius 3 is 2.67 bits per heavy atom. The molecule has 1 heterocycles. The quantitative estimate of drug-likeness (QED) is 0.898. The molecule has 0 aromatic heterocycles. The van der Waals surface area contributed by atoms with Gasteiger partial charge in [-0.1, -0.05) is 38.1 Å². The van der Waals surface area contributed by atoms with E-state index in [1.807, 2.05) is 0 Å². The summed E-state index contributed by atoms with van der Waals surface area (Å²) in [5.74, 6) is 0.705. The summed E-state index contributed by atoms with van der Waals surface area (Å²) in [7, 11) is 6.56. The minimum absolute atomic E-state index is 0.393. The third-order valence-corrected chi connectivity index (χ3v) is 4.55. The van der Waals surface area contributed by atoms with Crippen LogP contribution >= 0.6 is 0 Å². The topological polar surface area (TPSA) is 18.5 Å². The van der Waals surface area contributed by atoms with Crippen molar-refractivity contribution >= 4 is 0 Å². The maximum atomic E-state index is 3.55. The van der Waals surface area contributed by atoms with Crippen molar-refractivity contribution in [2.24, 2.45) is 5.92 Å². The van der Waals surface area contributed by atoms with E-state index < -0.39 is 0 Å². The summed E-state index contributed by atoms with van der Waals surface area (Å²) in [6.07, 6.45) is 1.16. The second-order valence-electron chi connectivity index (χ2n) is 6.92. The van der Waals surface area contributed by atoms with Gasteiger partial charge in [-0.2, -0.15) is 0 Å². The molecule has 0 amide bonds. The summed E-state index contributed by atoms with van der Waals surface area (Å²) in [5, 5.41) is 3.55. The Morgan fingerprint density at radius 2 is 2.00 bits per heavy atom. The molecule has 1 aromatic rings. The van der Waals surface area contributed by atoms with Gasteiger partial charge in [0.15, 0.2) is 0 Å². The van der Waals surface area contributed by atoms with E-state index in [1.54, 1.807) is 0 Å². The summed E-state index contributed by atoms with van der Waals surface area (Å²) < 4.78 is 0. The van der Waals surface area contributed by atoms with Crippen molar-refractivity contribution < 1.29 is 0 Å². The normalized spacial score (nSPS) is 22.7. The highest BCUT2D eigenvalue weighted by Crippen LogP contribution is 2.24. The smallest absolute Gasteiger partial charge is 0.0488 e. The van der Waals surface area contributed by atoms with Crippen LogP contribution in [0.15, 0.2) is 24.3 Å². The largest absolute Gasteiger partial charge is 0.312 e. The van der Waals surface area contributed by atoms with Crippen LogP contribution in [0.25, 0.3) is 0 Å². The van der Waals surface area contributed by atoms with Crippen molar-refractivity contribution in [2.45, 2.75) is 32.4 Å².